The highest BCUT2D eigenvalue weighted by molar-refractivity contribution is 7.92. The van der Waals surface area contributed by atoms with Crippen LogP contribution in [0.4, 0.5) is 11.7 Å². The van der Waals surface area contributed by atoms with Gasteiger partial charge in [-0.05, 0) is 49.0 Å². The maximum atomic E-state index is 12.7. The highest BCUT2D eigenvalue weighted by Crippen LogP contribution is 2.34. The zero-order valence-corrected chi connectivity index (χ0v) is 18.9. The first-order valence-corrected chi connectivity index (χ1v) is 11.7. The van der Waals surface area contributed by atoms with Gasteiger partial charge in [0.1, 0.15) is 5.82 Å². The van der Waals surface area contributed by atoms with Crippen LogP contribution in [0.15, 0.2) is 76.3 Å². The van der Waals surface area contributed by atoms with Crippen LogP contribution in [0, 0.1) is 11.7 Å². The molecule has 0 amide bonds. The molecular formula is C22H18N6O3S2. The zero-order valence-electron chi connectivity index (χ0n) is 17.3. The number of nitrogens with two attached hydrogens (primary N) is 1. The summed E-state index contributed by atoms with van der Waals surface area (Å²) in [6.07, 6.45) is 1.91. The second-order valence-electron chi connectivity index (χ2n) is 7.36. The summed E-state index contributed by atoms with van der Waals surface area (Å²) >= 11 is 5.23. The van der Waals surface area contributed by atoms with Crippen molar-refractivity contribution in [1.82, 2.24) is 19.7 Å². The van der Waals surface area contributed by atoms with E-state index in [1.54, 1.807) is 19.1 Å². The minimum atomic E-state index is -3.84. The summed E-state index contributed by atoms with van der Waals surface area (Å²) in [6.45, 7) is 1.70. The molecule has 0 fully saturated rings. The summed E-state index contributed by atoms with van der Waals surface area (Å²) in [4.78, 5) is 7.46. The molecule has 11 heteroatoms. The van der Waals surface area contributed by atoms with Gasteiger partial charge in [0.15, 0.2) is 10.4 Å². The van der Waals surface area contributed by atoms with E-state index in [0.29, 0.717) is 22.8 Å². The van der Waals surface area contributed by atoms with Gasteiger partial charge in [-0.1, -0.05) is 35.5 Å². The monoisotopic (exact) mass is 478 g/mol. The van der Waals surface area contributed by atoms with E-state index in [1.807, 2.05) is 41.1 Å². The molecule has 3 heterocycles. The average Bonchev–Trinajstić information content (AvgIpc) is 3.37. The number of nitrogen functional groups attached to an aromatic ring is 1. The van der Waals surface area contributed by atoms with Crippen molar-refractivity contribution < 1.29 is 12.9 Å². The third kappa shape index (κ3) is 3.88. The molecule has 166 valence electrons. The number of aryl methyl sites for hydroxylation is 1. The van der Waals surface area contributed by atoms with Crippen LogP contribution in [0.3, 0.4) is 0 Å². The SMILES string of the molecule is Cc1cc(NS(=O)(=O)c2ccc(-n3cc(-c4ccccc4)c4c(N)[nH]c(=S)nc43)cc2)on1. The molecule has 0 saturated heterocycles. The van der Waals surface area contributed by atoms with Crippen LogP contribution >= 0.6 is 12.2 Å². The molecule has 4 N–H and O–H groups in total. The minimum absolute atomic E-state index is 0.0504. The van der Waals surface area contributed by atoms with Crippen LogP contribution in [-0.2, 0) is 10.0 Å². The second-order valence-corrected chi connectivity index (χ2v) is 9.43. The Bertz CT molecular complexity index is 1640. The number of aromatic nitrogens is 4. The maximum absolute atomic E-state index is 12.7. The van der Waals surface area contributed by atoms with Gasteiger partial charge in [-0.15, -0.1) is 0 Å². The van der Waals surface area contributed by atoms with E-state index >= 15 is 0 Å². The van der Waals surface area contributed by atoms with Crippen LogP contribution in [0.1, 0.15) is 5.69 Å². The minimum Gasteiger partial charge on any atom is -0.385 e. The summed E-state index contributed by atoms with van der Waals surface area (Å²) in [7, 11) is -3.84. The lowest BCUT2D eigenvalue weighted by Gasteiger charge is -2.08. The number of hydrogen-bond acceptors (Lipinski definition) is 7. The Kier molecular flexibility index (Phi) is 4.99. The van der Waals surface area contributed by atoms with Crippen molar-refractivity contribution in [2.75, 3.05) is 10.5 Å². The van der Waals surface area contributed by atoms with E-state index in [2.05, 4.69) is 19.8 Å². The van der Waals surface area contributed by atoms with Gasteiger partial charge in [-0.3, -0.25) is 0 Å². The zero-order chi connectivity index (χ0) is 23.2. The Morgan fingerprint density at radius 3 is 2.52 bits per heavy atom. The lowest BCUT2D eigenvalue weighted by molar-refractivity contribution is 0.430. The van der Waals surface area contributed by atoms with Crippen molar-refractivity contribution in [1.29, 1.82) is 0 Å². The quantitative estimate of drug-likeness (QED) is 0.318. The molecule has 2 aromatic carbocycles. The van der Waals surface area contributed by atoms with Crippen molar-refractivity contribution in [2.45, 2.75) is 11.8 Å². The number of H-pyrrole nitrogens is 1. The molecule has 3 aromatic heterocycles. The summed E-state index contributed by atoms with van der Waals surface area (Å²) in [6, 6.07) is 17.7. The van der Waals surface area contributed by atoms with E-state index in [4.69, 9.17) is 22.5 Å². The van der Waals surface area contributed by atoms with Gasteiger partial charge in [-0.2, -0.15) is 0 Å². The Hall–Kier alpha value is -3.96. The van der Waals surface area contributed by atoms with Gasteiger partial charge in [0.05, 0.1) is 16.0 Å². The third-order valence-corrected chi connectivity index (χ3v) is 6.63. The Morgan fingerprint density at radius 1 is 1.12 bits per heavy atom. The molecule has 0 spiro atoms. The lowest BCUT2D eigenvalue weighted by Crippen LogP contribution is -2.12. The molecule has 5 rings (SSSR count). The second kappa shape index (κ2) is 7.87. The van der Waals surface area contributed by atoms with Crippen LogP contribution < -0.4 is 10.5 Å². The Balaban J connectivity index is 1.59. The van der Waals surface area contributed by atoms with Gasteiger partial charge >= 0.3 is 0 Å². The lowest BCUT2D eigenvalue weighted by atomic mass is 10.1. The van der Waals surface area contributed by atoms with Crippen LogP contribution in [-0.4, -0.2) is 28.1 Å². The normalized spacial score (nSPS) is 11.7. The number of benzene rings is 2. The summed E-state index contributed by atoms with van der Waals surface area (Å²) in [5, 5.41) is 4.42. The summed E-state index contributed by atoms with van der Waals surface area (Å²) < 4.78 is 34.8. The molecule has 0 radical (unpaired) electrons. The van der Waals surface area contributed by atoms with E-state index in [0.717, 1.165) is 16.5 Å². The highest BCUT2D eigenvalue weighted by Gasteiger charge is 2.19. The first kappa shape index (κ1) is 20.9. The first-order valence-electron chi connectivity index (χ1n) is 9.85. The molecule has 0 unspecified atom stereocenters. The molecule has 0 aliphatic rings. The number of rotatable bonds is 5. The van der Waals surface area contributed by atoms with Gasteiger partial charge in [0.25, 0.3) is 10.0 Å². The van der Waals surface area contributed by atoms with Gasteiger partial charge < -0.3 is 19.8 Å². The highest BCUT2D eigenvalue weighted by atomic mass is 32.2. The van der Waals surface area contributed by atoms with Crippen molar-refractivity contribution in [3.8, 4) is 16.8 Å². The number of fused-ring (bicyclic) bond motifs is 1. The number of aromatic amines is 1. The van der Waals surface area contributed by atoms with Crippen LogP contribution in [0.5, 0.6) is 0 Å². The van der Waals surface area contributed by atoms with Crippen LogP contribution in [0.2, 0.25) is 0 Å². The molecule has 0 atom stereocenters. The topological polar surface area (TPSA) is 132 Å². The smallest absolute Gasteiger partial charge is 0.264 e. The average molecular weight is 479 g/mol. The summed E-state index contributed by atoms with van der Waals surface area (Å²) in [5.41, 5.74) is 9.95. The number of hydrogen-bond donors (Lipinski definition) is 3. The molecular weight excluding hydrogens is 460 g/mol. The Morgan fingerprint density at radius 2 is 1.85 bits per heavy atom. The van der Waals surface area contributed by atoms with Crippen LogP contribution in [0.25, 0.3) is 27.8 Å². The van der Waals surface area contributed by atoms with Crippen molar-refractivity contribution in [2.24, 2.45) is 0 Å². The number of nitrogens with zero attached hydrogens (tertiary/aromatic N) is 3. The van der Waals surface area contributed by atoms with Crippen molar-refractivity contribution in [3.63, 3.8) is 0 Å². The molecule has 0 saturated carbocycles. The number of nitrogens with one attached hydrogen (secondary N) is 2. The Labute approximate surface area is 193 Å². The summed E-state index contributed by atoms with van der Waals surface area (Å²) in [5.74, 6) is 0.461. The fourth-order valence-corrected chi connectivity index (χ4v) is 4.76. The van der Waals surface area contributed by atoms with Gasteiger partial charge in [-0.25, -0.2) is 18.1 Å². The molecule has 0 aliphatic carbocycles. The molecule has 33 heavy (non-hydrogen) atoms. The van der Waals surface area contributed by atoms with E-state index in [9.17, 15) is 8.42 Å². The van der Waals surface area contributed by atoms with Crippen molar-refractivity contribution >= 4 is 45.0 Å². The predicted molar refractivity (Wildman–Crippen MR) is 128 cm³/mol. The maximum Gasteiger partial charge on any atom is 0.264 e. The number of sulfonamides is 1. The molecule has 0 bridgehead atoms. The third-order valence-electron chi connectivity index (χ3n) is 5.07. The van der Waals surface area contributed by atoms with E-state index in [-0.39, 0.29) is 15.6 Å². The molecule has 0 aliphatic heterocycles. The fourth-order valence-electron chi connectivity index (χ4n) is 3.60. The standard InChI is InChI=1S/C22H18N6O3S2/c1-13-11-18(31-26-13)27-33(29,30)16-9-7-15(8-10-16)28-12-17(14-5-3-2-4-6-14)19-20(23)24-22(32)25-21(19)28/h2-12,27H,1H3,(H3,23,24,25,32). The molecule has 5 aromatic rings. The fraction of sp³-hybridized carbons (Fsp3) is 0.0455. The molecule has 9 nitrogen and oxygen atoms in total. The predicted octanol–water partition coefficient (Wildman–Crippen LogP) is 4.43. The number of anilines is 2. The van der Waals surface area contributed by atoms with E-state index in [1.165, 1.54) is 18.2 Å². The van der Waals surface area contributed by atoms with Gasteiger partial charge in [0, 0.05) is 23.5 Å². The largest absolute Gasteiger partial charge is 0.385 e. The first-order chi connectivity index (χ1) is 15.8. The van der Waals surface area contributed by atoms with Gasteiger partial charge in [0.2, 0.25) is 5.88 Å². The van der Waals surface area contributed by atoms with Crippen molar-refractivity contribution in [3.05, 3.63) is 77.3 Å². The van der Waals surface area contributed by atoms with E-state index < -0.39 is 10.0 Å².